The van der Waals surface area contributed by atoms with Crippen LogP contribution >= 0.6 is 12.6 Å². The summed E-state index contributed by atoms with van der Waals surface area (Å²) < 4.78 is 0. The van der Waals surface area contributed by atoms with E-state index < -0.39 is 0 Å². The van der Waals surface area contributed by atoms with E-state index in [0.717, 1.165) is 5.92 Å². The number of likely N-dealkylation sites (tertiary alicyclic amines) is 1. The Morgan fingerprint density at radius 1 is 1.50 bits per heavy atom. The Morgan fingerprint density at radius 3 is 2.50 bits per heavy atom. The molecule has 1 aliphatic rings. The third kappa shape index (κ3) is 2.96. The minimum absolute atomic E-state index is 0.431. The van der Waals surface area contributed by atoms with Crippen molar-refractivity contribution in [3.05, 3.63) is 0 Å². The molecule has 0 radical (unpaired) electrons. The van der Waals surface area contributed by atoms with Crippen LogP contribution in [-0.2, 0) is 0 Å². The molecule has 1 rings (SSSR count). The first kappa shape index (κ1) is 10.4. The van der Waals surface area contributed by atoms with E-state index in [1.165, 1.54) is 32.5 Å². The summed E-state index contributed by atoms with van der Waals surface area (Å²) in [5.41, 5.74) is 0. The highest BCUT2D eigenvalue weighted by Crippen LogP contribution is 2.18. The molecule has 12 heavy (non-hydrogen) atoms. The first-order chi connectivity index (χ1) is 5.74. The lowest BCUT2D eigenvalue weighted by atomic mass is 9.97. The number of piperidine rings is 1. The van der Waals surface area contributed by atoms with E-state index in [2.05, 4.69) is 29.8 Å². The molecule has 0 aromatic carbocycles. The smallest absolute Gasteiger partial charge is 0.0499 e. The van der Waals surface area contributed by atoms with Crippen molar-refractivity contribution in [2.24, 2.45) is 5.92 Å². The third-order valence-corrected chi connectivity index (χ3v) is 3.00. The van der Waals surface area contributed by atoms with Crippen LogP contribution in [0, 0.1) is 5.92 Å². The second-order valence-electron chi connectivity index (χ2n) is 3.67. The average molecular weight is 188 g/mol. The van der Waals surface area contributed by atoms with Gasteiger partial charge in [0.2, 0.25) is 0 Å². The van der Waals surface area contributed by atoms with Gasteiger partial charge < -0.3 is 5.32 Å². The molecule has 1 fully saturated rings. The summed E-state index contributed by atoms with van der Waals surface area (Å²) in [6.45, 7) is 5.77. The highest BCUT2D eigenvalue weighted by Gasteiger charge is 2.19. The molecule has 1 aliphatic heterocycles. The number of rotatable bonds is 3. The molecular formula is C9H20N2S. The van der Waals surface area contributed by atoms with Gasteiger partial charge in [0.05, 0.1) is 0 Å². The van der Waals surface area contributed by atoms with Crippen LogP contribution in [0.4, 0.5) is 0 Å². The summed E-state index contributed by atoms with van der Waals surface area (Å²) in [6.07, 6.45) is 2.65. The first-order valence-electron chi connectivity index (χ1n) is 4.80. The Bertz CT molecular complexity index is 120. The number of hydrogen-bond donors (Lipinski definition) is 2. The lowest BCUT2D eigenvalue weighted by molar-refractivity contribution is 0.179. The van der Waals surface area contributed by atoms with Gasteiger partial charge in [-0.3, -0.25) is 4.90 Å². The molecule has 1 saturated heterocycles. The van der Waals surface area contributed by atoms with Crippen LogP contribution in [-0.4, -0.2) is 37.0 Å². The summed E-state index contributed by atoms with van der Waals surface area (Å²) in [5, 5.41) is 3.67. The maximum atomic E-state index is 4.43. The van der Waals surface area contributed by atoms with E-state index in [1.54, 1.807) is 0 Å². The van der Waals surface area contributed by atoms with E-state index >= 15 is 0 Å². The summed E-state index contributed by atoms with van der Waals surface area (Å²) in [5.74, 6) is 0.887. The van der Waals surface area contributed by atoms with Crippen LogP contribution < -0.4 is 5.32 Å². The zero-order valence-electron chi connectivity index (χ0n) is 8.08. The van der Waals surface area contributed by atoms with Crippen LogP contribution in [0.5, 0.6) is 0 Å². The van der Waals surface area contributed by atoms with Crippen molar-refractivity contribution in [2.45, 2.75) is 25.1 Å². The zero-order chi connectivity index (χ0) is 8.97. The monoisotopic (exact) mass is 188 g/mol. The molecular weight excluding hydrogens is 168 g/mol. The van der Waals surface area contributed by atoms with Gasteiger partial charge in [0.1, 0.15) is 0 Å². The predicted molar refractivity (Wildman–Crippen MR) is 56.7 cm³/mol. The minimum Gasteiger partial charge on any atom is -0.319 e. The summed E-state index contributed by atoms with van der Waals surface area (Å²) in [7, 11) is 2.04. The highest BCUT2D eigenvalue weighted by atomic mass is 32.1. The van der Waals surface area contributed by atoms with E-state index in [-0.39, 0.29) is 0 Å². The first-order valence-corrected chi connectivity index (χ1v) is 5.32. The van der Waals surface area contributed by atoms with Crippen LogP contribution in [0.3, 0.4) is 0 Å². The fraction of sp³-hybridized carbons (Fsp3) is 1.00. The average Bonchev–Trinajstić information content (AvgIpc) is 2.06. The molecule has 0 aromatic rings. The fourth-order valence-corrected chi connectivity index (χ4v) is 2.05. The maximum Gasteiger partial charge on any atom is 0.0499 e. The van der Waals surface area contributed by atoms with Crippen molar-refractivity contribution in [3.63, 3.8) is 0 Å². The van der Waals surface area contributed by atoms with Crippen molar-refractivity contribution in [3.8, 4) is 0 Å². The molecule has 0 saturated carbocycles. The molecule has 72 valence electrons. The normalized spacial score (nSPS) is 24.2. The van der Waals surface area contributed by atoms with Crippen LogP contribution in [0.15, 0.2) is 0 Å². The van der Waals surface area contributed by atoms with Crippen LogP contribution in [0.2, 0.25) is 0 Å². The van der Waals surface area contributed by atoms with Crippen molar-refractivity contribution < 1.29 is 0 Å². The molecule has 1 atom stereocenters. The standard InChI is InChI=1S/C9H20N2S/c1-8(12)11-5-3-9(4-6-11)7-10-2/h8-10,12H,3-7H2,1-2H3. The van der Waals surface area contributed by atoms with Crippen molar-refractivity contribution in [1.82, 2.24) is 10.2 Å². The summed E-state index contributed by atoms with van der Waals surface area (Å²) in [6, 6.07) is 0. The maximum absolute atomic E-state index is 4.43. The van der Waals surface area contributed by atoms with E-state index in [4.69, 9.17) is 0 Å². The lowest BCUT2D eigenvalue weighted by Crippen LogP contribution is -2.39. The Hall–Kier alpha value is 0.270. The molecule has 0 spiro atoms. The zero-order valence-corrected chi connectivity index (χ0v) is 8.98. The highest BCUT2D eigenvalue weighted by molar-refractivity contribution is 7.80. The predicted octanol–water partition coefficient (Wildman–Crippen LogP) is 1.19. The Labute approximate surface area is 81.1 Å². The van der Waals surface area contributed by atoms with Gasteiger partial charge in [-0.25, -0.2) is 0 Å². The van der Waals surface area contributed by atoms with Gasteiger partial charge in [-0.05, 0) is 52.4 Å². The van der Waals surface area contributed by atoms with Gasteiger partial charge in [-0.2, -0.15) is 12.6 Å². The van der Waals surface area contributed by atoms with E-state index in [0.29, 0.717) is 5.37 Å². The summed E-state index contributed by atoms with van der Waals surface area (Å²) in [4.78, 5) is 2.44. The van der Waals surface area contributed by atoms with Crippen molar-refractivity contribution >= 4 is 12.6 Å². The van der Waals surface area contributed by atoms with Crippen molar-refractivity contribution in [1.29, 1.82) is 0 Å². The molecule has 0 amide bonds. The Morgan fingerprint density at radius 2 is 2.08 bits per heavy atom. The van der Waals surface area contributed by atoms with Crippen LogP contribution in [0.1, 0.15) is 19.8 Å². The van der Waals surface area contributed by atoms with Gasteiger partial charge in [0.25, 0.3) is 0 Å². The molecule has 1 N–H and O–H groups in total. The Balaban J connectivity index is 2.20. The molecule has 1 unspecified atom stereocenters. The van der Waals surface area contributed by atoms with Gasteiger partial charge in [0.15, 0.2) is 0 Å². The molecule has 0 bridgehead atoms. The largest absolute Gasteiger partial charge is 0.319 e. The third-order valence-electron chi connectivity index (χ3n) is 2.67. The molecule has 1 heterocycles. The Kier molecular flexibility index (Phi) is 4.40. The number of nitrogens with zero attached hydrogens (tertiary/aromatic N) is 1. The minimum atomic E-state index is 0.431. The van der Waals surface area contributed by atoms with Gasteiger partial charge >= 0.3 is 0 Å². The van der Waals surface area contributed by atoms with Crippen molar-refractivity contribution in [2.75, 3.05) is 26.7 Å². The van der Waals surface area contributed by atoms with Gasteiger partial charge in [-0.15, -0.1) is 0 Å². The lowest BCUT2D eigenvalue weighted by Gasteiger charge is -2.33. The molecule has 0 aliphatic carbocycles. The fourth-order valence-electron chi connectivity index (χ4n) is 1.82. The van der Waals surface area contributed by atoms with Gasteiger partial charge in [0, 0.05) is 5.37 Å². The second-order valence-corrected chi connectivity index (χ2v) is 4.42. The number of thiol groups is 1. The SMILES string of the molecule is CNCC1CCN(C(C)S)CC1. The molecule has 2 nitrogen and oxygen atoms in total. The summed E-state index contributed by atoms with van der Waals surface area (Å²) >= 11 is 4.43. The molecule has 0 aromatic heterocycles. The number of hydrogen-bond acceptors (Lipinski definition) is 3. The quantitative estimate of drug-likeness (QED) is 0.647. The second kappa shape index (κ2) is 5.10. The topological polar surface area (TPSA) is 15.3 Å². The van der Waals surface area contributed by atoms with E-state index in [9.17, 15) is 0 Å². The number of nitrogens with one attached hydrogen (secondary N) is 1. The van der Waals surface area contributed by atoms with Gasteiger partial charge in [-0.1, -0.05) is 0 Å². The molecule has 3 heteroatoms. The van der Waals surface area contributed by atoms with E-state index in [1.807, 2.05) is 7.05 Å². The van der Waals surface area contributed by atoms with Crippen LogP contribution in [0.25, 0.3) is 0 Å².